The predicted octanol–water partition coefficient (Wildman–Crippen LogP) is 3.83. The molecule has 2 aromatic rings. The molecule has 1 aromatic heterocycles. The molecule has 90 valence electrons. The van der Waals surface area contributed by atoms with E-state index in [1.165, 1.54) is 28.1 Å². The van der Waals surface area contributed by atoms with Gasteiger partial charge in [-0.15, -0.1) is 11.3 Å². The third-order valence-corrected chi connectivity index (χ3v) is 5.07. The lowest BCUT2D eigenvalue weighted by Crippen LogP contribution is -2.26. The summed E-state index contributed by atoms with van der Waals surface area (Å²) >= 11 is 5.48. The Kier molecular flexibility index (Phi) is 3.19. The fraction of sp³-hybridized carbons (Fsp3) is 0.462. The summed E-state index contributed by atoms with van der Waals surface area (Å²) < 4.78 is 2.44. The Morgan fingerprint density at radius 1 is 1.35 bits per heavy atom. The first-order chi connectivity index (χ1) is 8.24. The van der Waals surface area contributed by atoms with E-state index in [1.807, 2.05) is 11.3 Å². The second kappa shape index (κ2) is 4.67. The summed E-state index contributed by atoms with van der Waals surface area (Å²) in [5.41, 5.74) is 2.43. The maximum Gasteiger partial charge on any atom is 0.0970 e. The van der Waals surface area contributed by atoms with Gasteiger partial charge in [0.1, 0.15) is 0 Å². The van der Waals surface area contributed by atoms with Crippen LogP contribution in [0.2, 0.25) is 0 Å². The number of benzene rings is 1. The Bertz CT molecular complexity index is 544. The molecule has 2 heterocycles. The quantitative estimate of drug-likeness (QED) is 0.865. The fourth-order valence-corrected chi connectivity index (χ4v) is 4.43. The number of rotatable bonds is 1. The van der Waals surface area contributed by atoms with E-state index in [0.717, 1.165) is 23.1 Å². The highest BCUT2D eigenvalue weighted by atomic mass is 79.9. The summed E-state index contributed by atoms with van der Waals surface area (Å²) in [5.74, 6) is 0.654. The van der Waals surface area contributed by atoms with Crippen molar-refractivity contribution in [2.24, 2.45) is 0 Å². The molecule has 17 heavy (non-hydrogen) atoms. The van der Waals surface area contributed by atoms with E-state index in [1.54, 1.807) is 0 Å². The highest BCUT2D eigenvalue weighted by Gasteiger charge is 2.19. The minimum absolute atomic E-state index is 0.654. The molecule has 1 saturated heterocycles. The maximum atomic E-state index is 4.82. The van der Waals surface area contributed by atoms with Gasteiger partial charge in [-0.3, -0.25) is 0 Å². The molecule has 4 heteroatoms. The smallest absolute Gasteiger partial charge is 0.0970 e. The molecule has 1 aliphatic heterocycles. The lowest BCUT2D eigenvalue weighted by Gasteiger charge is -2.20. The maximum absolute atomic E-state index is 4.82. The van der Waals surface area contributed by atoms with Crippen molar-refractivity contribution in [2.45, 2.75) is 25.7 Å². The number of piperidine rings is 1. The molecule has 0 radical (unpaired) electrons. The van der Waals surface area contributed by atoms with E-state index in [9.17, 15) is 0 Å². The van der Waals surface area contributed by atoms with Gasteiger partial charge in [0, 0.05) is 10.4 Å². The van der Waals surface area contributed by atoms with Crippen LogP contribution in [0.25, 0.3) is 10.2 Å². The first-order valence-corrected chi connectivity index (χ1v) is 7.62. The molecular weight excluding hydrogens is 296 g/mol. The van der Waals surface area contributed by atoms with Crippen molar-refractivity contribution in [3.8, 4) is 0 Å². The molecule has 2 nitrogen and oxygen atoms in total. The largest absolute Gasteiger partial charge is 0.317 e. The molecule has 1 aromatic carbocycles. The van der Waals surface area contributed by atoms with E-state index in [0.29, 0.717) is 5.92 Å². The van der Waals surface area contributed by atoms with E-state index < -0.39 is 0 Å². The zero-order chi connectivity index (χ0) is 11.8. The van der Waals surface area contributed by atoms with Gasteiger partial charge >= 0.3 is 0 Å². The monoisotopic (exact) mass is 310 g/mol. The first-order valence-electron chi connectivity index (χ1n) is 6.01. The van der Waals surface area contributed by atoms with Gasteiger partial charge in [0.15, 0.2) is 0 Å². The molecule has 0 atom stereocenters. The molecule has 0 spiro atoms. The van der Waals surface area contributed by atoms with Crippen LogP contribution < -0.4 is 5.32 Å². The van der Waals surface area contributed by atoms with Crippen LogP contribution in [0.4, 0.5) is 0 Å². The Morgan fingerprint density at radius 3 is 2.88 bits per heavy atom. The van der Waals surface area contributed by atoms with Gasteiger partial charge in [-0.05, 0) is 66.5 Å². The van der Waals surface area contributed by atoms with Gasteiger partial charge < -0.3 is 5.32 Å². The lowest BCUT2D eigenvalue weighted by molar-refractivity contribution is 0.459. The van der Waals surface area contributed by atoms with E-state index >= 15 is 0 Å². The molecule has 0 bridgehead atoms. The minimum atomic E-state index is 0.654. The summed E-state index contributed by atoms with van der Waals surface area (Å²) in [6, 6.07) is 4.39. The topological polar surface area (TPSA) is 24.9 Å². The molecular formula is C13H15BrN2S. The third kappa shape index (κ3) is 2.26. The SMILES string of the molecule is Cc1cc(Br)c2nc(C3CCNCC3)sc2c1. The standard InChI is InChI=1S/C13H15BrN2S/c1-8-6-10(14)12-11(7-8)17-13(16-12)9-2-4-15-5-3-9/h6-7,9,15H,2-5H2,1H3. The normalized spacial score (nSPS) is 17.8. The number of hydrogen-bond acceptors (Lipinski definition) is 3. The highest BCUT2D eigenvalue weighted by Crippen LogP contribution is 2.35. The van der Waals surface area contributed by atoms with Gasteiger partial charge in [-0.1, -0.05) is 0 Å². The van der Waals surface area contributed by atoms with Gasteiger partial charge in [0.05, 0.1) is 15.2 Å². The number of nitrogens with zero attached hydrogens (tertiary/aromatic N) is 1. The Morgan fingerprint density at radius 2 is 2.12 bits per heavy atom. The van der Waals surface area contributed by atoms with Gasteiger partial charge in [0.2, 0.25) is 0 Å². The van der Waals surface area contributed by atoms with E-state index in [-0.39, 0.29) is 0 Å². The fourth-order valence-electron chi connectivity index (χ4n) is 2.38. The molecule has 1 aliphatic rings. The average Bonchev–Trinajstić information content (AvgIpc) is 2.74. The van der Waals surface area contributed by atoms with Gasteiger partial charge in [-0.25, -0.2) is 4.98 Å². The number of halogens is 1. The van der Waals surface area contributed by atoms with Crippen LogP contribution >= 0.6 is 27.3 Å². The second-order valence-corrected chi connectivity index (χ2v) is 6.59. The lowest BCUT2D eigenvalue weighted by atomic mass is 9.99. The number of nitrogens with one attached hydrogen (secondary N) is 1. The van der Waals surface area contributed by atoms with Gasteiger partial charge in [-0.2, -0.15) is 0 Å². The van der Waals surface area contributed by atoms with Crippen molar-refractivity contribution < 1.29 is 0 Å². The van der Waals surface area contributed by atoms with E-state index in [2.05, 4.69) is 40.3 Å². The summed E-state index contributed by atoms with van der Waals surface area (Å²) in [5, 5.41) is 4.72. The van der Waals surface area contributed by atoms with Gasteiger partial charge in [0.25, 0.3) is 0 Å². The molecule has 3 rings (SSSR count). The zero-order valence-electron chi connectivity index (χ0n) is 9.79. The zero-order valence-corrected chi connectivity index (χ0v) is 12.2. The molecule has 1 N–H and O–H groups in total. The molecule has 0 saturated carbocycles. The Hall–Kier alpha value is -0.450. The van der Waals surface area contributed by atoms with Crippen LogP contribution in [0.1, 0.15) is 29.3 Å². The van der Waals surface area contributed by atoms with Crippen LogP contribution in [0.3, 0.4) is 0 Å². The number of aromatic nitrogens is 1. The summed E-state index contributed by atoms with van der Waals surface area (Å²) in [6.07, 6.45) is 2.44. The molecule has 1 fully saturated rings. The Labute approximate surface area is 114 Å². The van der Waals surface area contributed by atoms with Crippen molar-refractivity contribution in [1.29, 1.82) is 0 Å². The number of aryl methyl sites for hydroxylation is 1. The summed E-state index contributed by atoms with van der Waals surface area (Å²) in [4.78, 5) is 4.82. The molecule has 0 unspecified atom stereocenters. The Balaban J connectivity index is 2.03. The second-order valence-electron chi connectivity index (χ2n) is 4.67. The summed E-state index contributed by atoms with van der Waals surface area (Å²) in [7, 11) is 0. The predicted molar refractivity (Wildman–Crippen MR) is 76.9 cm³/mol. The number of hydrogen-bond donors (Lipinski definition) is 1. The van der Waals surface area contributed by atoms with Crippen molar-refractivity contribution in [1.82, 2.24) is 10.3 Å². The number of fused-ring (bicyclic) bond motifs is 1. The average molecular weight is 311 g/mol. The van der Waals surface area contributed by atoms with E-state index in [4.69, 9.17) is 4.98 Å². The highest BCUT2D eigenvalue weighted by molar-refractivity contribution is 9.10. The van der Waals surface area contributed by atoms with Crippen LogP contribution in [0, 0.1) is 6.92 Å². The van der Waals surface area contributed by atoms with Crippen molar-refractivity contribution in [3.05, 3.63) is 27.2 Å². The van der Waals surface area contributed by atoms with Crippen molar-refractivity contribution >= 4 is 37.5 Å². The van der Waals surface area contributed by atoms with Crippen LogP contribution in [-0.2, 0) is 0 Å². The molecule has 0 aliphatic carbocycles. The number of thiazole rings is 1. The van der Waals surface area contributed by atoms with Crippen LogP contribution in [0.15, 0.2) is 16.6 Å². The molecule has 0 amide bonds. The summed E-state index contributed by atoms with van der Waals surface area (Å²) in [6.45, 7) is 4.38. The third-order valence-electron chi connectivity index (χ3n) is 3.30. The van der Waals surface area contributed by atoms with Crippen LogP contribution in [-0.4, -0.2) is 18.1 Å². The van der Waals surface area contributed by atoms with Crippen LogP contribution in [0.5, 0.6) is 0 Å². The first kappa shape index (κ1) is 11.6. The minimum Gasteiger partial charge on any atom is -0.317 e. The van der Waals surface area contributed by atoms with Crippen molar-refractivity contribution in [2.75, 3.05) is 13.1 Å². The van der Waals surface area contributed by atoms with Crippen molar-refractivity contribution in [3.63, 3.8) is 0 Å².